The van der Waals surface area contributed by atoms with E-state index in [1.807, 2.05) is 36.5 Å². The largest absolute Gasteiger partial charge is 0.305 e. The van der Waals surface area contributed by atoms with E-state index in [2.05, 4.69) is 20.5 Å². The number of halogens is 1. The molecule has 7 nitrogen and oxygen atoms in total. The lowest BCUT2D eigenvalue weighted by Crippen LogP contribution is -2.13. The molecule has 1 aromatic carbocycles. The molecule has 0 saturated carbocycles. The molecule has 0 aliphatic carbocycles. The average molecular weight is 407 g/mol. The second kappa shape index (κ2) is 8.28. The lowest BCUT2D eigenvalue weighted by molar-refractivity contribution is 0.102. The Morgan fingerprint density at radius 2 is 1.90 bits per heavy atom. The fourth-order valence-corrected chi connectivity index (χ4v) is 3.26. The zero-order valence-corrected chi connectivity index (χ0v) is 16.5. The van der Waals surface area contributed by atoms with Crippen molar-refractivity contribution in [1.82, 2.24) is 24.5 Å². The molecule has 0 unspecified atom stereocenters. The molecule has 3 heterocycles. The first-order valence-electron chi connectivity index (χ1n) is 9.12. The van der Waals surface area contributed by atoms with E-state index >= 15 is 0 Å². The molecule has 0 aliphatic rings. The van der Waals surface area contributed by atoms with Crippen molar-refractivity contribution < 1.29 is 4.79 Å². The van der Waals surface area contributed by atoms with E-state index in [0.717, 1.165) is 6.42 Å². The Balaban J connectivity index is 1.48. The van der Waals surface area contributed by atoms with Gasteiger partial charge in [0, 0.05) is 50.0 Å². The van der Waals surface area contributed by atoms with E-state index in [1.54, 1.807) is 47.1 Å². The Labute approximate surface area is 173 Å². The Hall–Kier alpha value is -3.45. The van der Waals surface area contributed by atoms with Crippen LogP contribution in [0.1, 0.15) is 15.9 Å². The minimum absolute atomic E-state index is 0.285. The number of rotatable bonds is 6. The minimum atomic E-state index is -0.285. The molecule has 146 valence electrons. The van der Waals surface area contributed by atoms with Gasteiger partial charge in [-0.05, 0) is 30.2 Å². The standard InChI is InChI=1S/C21H19ClN6O/c1-27-14-17(20(26-27)16-4-2-3-5-18(16)22)21(29)24-19-9-13-28(25-19)12-8-15-6-10-23-11-7-15/h2-7,9-11,13-14H,8,12H2,1H3,(H,24,25,29). The number of benzene rings is 1. The first-order chi connectivity index (χ1) is 14.1. The number of hydrogen-bond acceptors (Lipinski definition) is 4. The summed E-state index contributed by atoms with van der Waals surface area (Å²) in [6.45, 7) is 0.706. The van der Waals surface area contributed by atoms with Crippen LogP contribution in [-0.4, -0.2) is 30.5 Å². The van der Waals surface area contributed by atoms with Gasteiger partial charge in [0.05, 0.1) is 10.6 Å². The van der Waals surface area contributed by atoms with Crippen molar-refractivity contribution in [3.05, 3.63) is 83.4 Å². The van der Waals surface area contributed by atoms with Crippen LogP contribution in [0.15, 0.2) is 67.3 Å². The van der Waals surface area contributed by atoms with Crippen LogP contribution in [0.5, 0.6) is 0 Å². The molecule has 0 radical (unpaired) electrons. The Morgan fingerprint density at radius 3 is 2.69 bits per heavy atom. The Bertz CT molecular complexity index is 1140. The molecule has 0 aliphatic heterocycles. The summed E-state index contributed by atoms with van der Waals surface area (Å²) in [5.41, 5.74) is 2.86. The number of aryl methyl sites for hydroxylation is 3. The van der Waals surface area contributed by atoms with Gasteiger partial charge in [0.2, 0.25) is 0 Å². The van der Waals surface area contributed by atoms with Crippen molar-refractivity contribution in [2.24, 2.45) is 7.05 Å². The van der Waals surface area contributed by atoms with Crippen molar-refractivity contribution in [3.8, 4) is 11.3 Å². The van der Waals surface area contributed by atoms with Crippen molar-refractivity contribution in [2.75, 3.05) is 5.32 Å². The number of anilines is 1. The first-order valence-corrected chi connectivity index (χ1v) is 9.50. The summed E-state index contributed by atoms with van der Waals surface area (Å²) in [4.78, 5) is 16.9. The lowest BCUT2D eigenvalue weighted by Gasteiger charge is -2.05. The summed E-state index contributed by atoms with van der Waals surface area (Å²) in [6.07, 6.45) is 7.89. The number of hydrogen-bond donors (Lipinski definition) is 1. The molecule has 4 aromatic rings. The molecule has 0 bridgehead atoms. The number of carbonyl (C=O) groups excluding carboxylic acids is 1. The zero-order chi connectivity index (χ0) is 20.2. The summed E-state index contributed by atoms with van der Waals surface area (Å²) in [7, 11) is 1.77. The fourth-order valence-electron chi connectivity index (χ4n) is 3.04. The highest BCUT2D eigenvalue weighted by Gasteiger charge is 2.19. The van der Waals surface area contributed by atoms with E-state index in [9.17, 15) is 4.79 Å². The van der Waals surface area contributed by atoms with Crippen LogP contribution >= 0.6 is 11.6 Å². The van der Waals surface area contributed by atoms with Gasteiger partial charge >= 0.3 is 0 Å². The molecular formula is C21H19ClN6O. The van der Waals surface area contributed by atoms with Gasteiger partial charge < -0.3 is 5.32 Å². The van der Waals surface area contributed by atoms with Crippen molar-refractivity contribution >= 4 is 23.3 Å². The second-order valence-electron chi connectivity index (χ2n) is 6.57. The number of carbonyl (C=O) groups is 1. The van der Waals surface area contributed by atoms with E-state index in [4.69, 9.17) is 11.6 Å². The fraction of sp³-hybridized carbons (Fsp3) is 0.143. The molecule has 3 aromatic heterocycles. The van der Waals surface area contributed by atoms with Crippen LogP contribution in [0.2, 0.25) is 5.02 Å². The van der Waals surface area contributed by atoms with E-state index in [0.29, 0.717) is 34.2 Å². The molecule has 1 N–H and O–H groups in total. The van der Waals surface area contributed by atoms with Crippen LogP contribution in [0, 0.1) is 0 Å². The highest BCUT2D eigenvalue weighted by atomic mass is 35.5. The highest BCUT2D eigenvalue weighted by molar-refractivity contribution is 6.33. The van der Waals surface area contributed by atoms with Gasteiger partial charge in [0.25, 0.3) is 5.91 Å². The zero-order valence-electron chi connectivity index (χ0n) is 15.8. The lowest BCUT2D eigenvalue weighted by atomic mass is 10.1. The molecule has 8 heteroatoms. The van der Waals surface area contributed by atoms with Crippen molar-refractivity contribution in [3.63, 3.8) is 0 Å². The van der Waals surface area contributed by atoms with Gasteiger partial charge in [-0.2, -0.15) is 10.2 Å². The molecule has 0 saturated heterocycles. The third kappa shape index (κ3) is 4.35. The summed E-state index contributed by atoms with van der Waals surface area (Å²) in [6, 6.07) is 13.0. The predicted molar refractivity (Wildman–Crippen MR) is 112 cm³/mol. The predicted octanol–water partition coefficient (Wildman–Crippen LogP) is 3.83. The molecule has 0 fully saturated rings. The maximum absolute atomic E-state index is 12.9. The van der Waals surface area contributed by atoms with Crippen LogP contribution in [-0.2, 0) is 20.0 Å². The van der Waals surface area contributed by atoms with E-state index < -0.39 is 0 Å². The molecule has 4 rings (SSSR count). The van der Waals surface area contributed by atoms with Crippen molar-refractivity contribution in [1.29, 1.82) is 0 Å². The highest BCUT2D eigenvalue weighted by Crippen LogP contribution is 2.29. The maximum atomic E-state index is 12.9. The van der Waals surface area contributed by atoms with E-state index in [-0.39, 0.29) is 5.91 Å². The SMILES string of the molecule is Cn1cc(C(=O)Nc2ccn(CCc3ccncc3)n2)c(-c2ccccc2Cl)n1. The number of pyridine rings is 1. The minimum Gasteiger partial charge on any atom is -0.305 e. The van der Waals surface area contributed by atoms with Crippen molar-refractivity contribution in [2.45, 2.75) is 13.0 Å². The summed E-state index contributed by atoms with van der Waals surface area (Å²) in [5, 5.41) is 12.2. The normalized spacial score (nSPS) is 10.8. The van der Waals surface area contributed by atoms with Gasteiger partial charge in [-0.25, -0.2) is 0 Å². The monoisotopic (exact) mass is 406 g/mol. The van der Waals surface area contributed by atoms with Gasteiger partial charge in [0.1, 0.15) is 5.69 Å². The molecule has 0 atom stereocenters. The van der Waals surface area contributed by atoms with Crippen LogP contribution in [0.25, 0.3) is 11.3 Å². The van der Waals surface area contributed by atoms with Gasteiger partial charge in [-0.3, -0.25) is 19.1 Å². The third-order valence-electron chi connectivity index (χ3n) is 4.46. The van der Waals surface area contributed by atoms with E-state index in [1.165, 1.54) is 5.56 Å². The third-order valence-corrected chi connectivity index (χ3v) is 4.79. The van der Waals surface area contributed by atoms with Gasteiger partial charge in [-0.1, -0.05) is 29.8 Å². The summed E-state index contributed by atoms with van der Waals surface area (Å²) >= 11 is 6.29. The maximum Gasteiger partial charge on any atom is 0.260 e. The molecule has 29 heavy (non-hydrogen) atoms. The number of aromatic nitrogens is 5. The average Bonchev–Trinajstić information content (AvgIpc) is 3.34. The van der Waals surface area contributed by atoms with Crippen LogP contribution in [0.3, 0.4) is 0 Å². The molecule has 0 spiro atoms. The summed E-state index contributed by atoms with van der Waals surface area (Å²) < 4.78 is 3.40. The summed E-state index contributed by atoms with van der Waals surface area (Å²) in [5.74, 6) is 0.200. The quantitative estimate of drug-likeness (QED) is 0.528. The Morgan fingerprint density at radius 1 is 1.10 bits per heavy atom. The second-order valence-corrected chi connectivity index (χ2v) is 6.98. The number of nitrogens with one attached hydrogen (secondary N) is 1. The molecule has 1 amide bonds. The number of amides is 1. The van der Waals surface area contributed by atoms with Gasteiger partial charge in [-0.15, -0.1) is 0 Å². The van der Waals surface area contributed by atoms with Crippen LogP contribution in [0.4, 0.5) is 5.82 Å². The van der Waals surface area contributed by atoms with Crippen LogP contribution < -0.4 is 5.32 Å². The Kier molecular flexibility index (Phi) is 5.39. The first kappa shape index (κ1) is 18.9. The number of nitrogens with zero attached hydrogens (tertiary/aromatic N) is 5. The smallest absolute Gasteiger partial charge is 0.260 e. The molecular weight excluding hydrogens is 388 g/mol. The topological polar surface area (TPSA) is 77.6 Å². The van der Waals surface area contributed by atoms with Gasteiger partial charge in [0.15, 0.2) is 5.82 Å².